The average Bonchev–Trinajstić information content (AvgIpc) is 2.51. The van der Waals surface area contributed by atoms with E-state index < -0.39 is 6.10 Å². The topological polar surface area (TPSA) is 66.5 Å². The molecule has 0 saturated heterocycles. The van der Waals surface area contributed by atoms with Crippen molar-refractivity contribution in [3.8, 4) is 0 Å². The largest absolute Gasteiger partial charge is 0.479 e. The molecule has 1 unspecified atom stereocenters. The Morgan fingerprint density at radius 3 is 2.85 bits per heavy atom. The van der Waals surface area contributed by atoms with Gasteiger partial charge in [0.1, 0.15) is 11.5 Å². The van der Waals surface area contributed by atoms with Crippen LogP contribution in [-0.4, -0.2) is 17.6 Å². The first-order valence-electron chi connectivity index (χ1n) is 4.10. The molecule has 4 heteroatoms. The van der Waals surface area contributed by atoms with Gasteiger partial charge in [0, 0.05) is 0 Å². The lowest BCUT2D eigenvalue weighted by Gasteiger charge is -2.09. The van der Waals surface area contributed by atoms with Gasteiger partial charge in [-0.15, -0.1) is 0 Å². The van der Waals surface area contributed by atoms with Crippen LogP contribution in [0.3, 0.4) is 0 Å². The lowest BCUT2D eigenvalue weighted by atomic mass is 10.3. The Kier molecular flexibility index (Phi) is 3.08. The fraction of sp³-hybridized carbons (Fsp3) is 0.444. The van der Waals surface area contributed by atoms with Gasteiger partial charge in [0.25, 0.3) is 0 Å². The number of hydrogen-bond donors (Lipinski definition) is 2. The van der Waals surface area contributed by atoms with Crippen LogP contribution in [0.25, 0.3) is 0 Å². The van der Waals surface area contributed by atoms with Crippen molar-refractivity contribution in [3.63, 3.8) is 0 Å². The monoisotopic (exact) mass is 183 g/mol. The summed E-state index contributed by atoms with van der Waals surface area (Å²) in [5, 5.41) is 16.8. The minimum absolute atomic E-state index is 0.183. The highest BCUT2D eigenvalue weighted by Gasteiger charge is 2.17. The molecule has 1 aromatic rings. The summed E-state index contributed by atoms with van der Waals surface area (Å²) >= 11 is 0. The summed E-state index contributed by atoms with van der Waals surface area (Å²) in [4.78, 5) is 0. The summed E-state index contributed by atoms with van der Waals surface area (Å²) in [5.74, 6) is 0.867. The van der Waals surface area contributed by atoms with E-state index >= 15 is 0 Å². The third-order valence-corrected chi connectivity index (χ3v) is 1.58. The Morgan fingerprint density at radius 1 is 1.69 bits per heavy atom. The number of nitrogens with one attached hydrogen (secondary N) is 1. The van der Waals surface area contributed by atoms with E-state index in [-0.39, 0.29) is 5.90 Å². The van der Waals surface area contributed by atoms with Crippen LogP contribution in [0, 0.1) is 12.3 Å². The maximum atomic E-state index is 9.49. The van der Waals surface area contributed by atoms with Gasteiger partial charge in [-0.2, -0.15) is 0 Å². The molecular weight excluding hydrogens is 170 g/mol. The zero-order chi connectivity index (χ0) is 9.84. The molecule has 1 heterocycles. The zero-order valence-electron chi connectivity index (χ0n) is 7.70. The molecule has 0 saturated carbocycles. The Labute approximate surface area is 76.6 Å². The third-order valence-electron chi connectivity index (χ3n) is 1.58. The van der Waals surface area contributed by atoms with Gasteiger partial charge in [-0.1, -0.05) is 0 Å². The summed E-state index contributed by atoms with van der Waals surface area (Å²) in [6, 6.07) is 3.37. The Bertz CT molecular complexity index is 293. The van der Waals surface area contributed by atoms with Gasteiger partial charge in [-0.3, -0.25) is 5.41 Å². The van der Waals surface area contributed by atoms with Crippen LogP contribution >= 0.6 is 0 Å². The fourth-order valence-corrected chi connectivity index (χ4v) is 0.964. The first-order valence-corrected chi connectivity index (χ1v) is 4.10. The number of rotatable bonds is 3. The lowest BCUT2D eigenvalue weighted by molar-refractivity contribution is 0.167. The van der Waals surface area contributed by atoms with E-state index in [1.54, 1.807) is 26.0 Å². The van der Waals surface area contributed by atoms with Crippen LogP contribution in [0.4, 0.5) is 0 Å². The molecule has 0 spiro atoms. The minimum Gasteiger partial charge on any atom is -0.479 e. The van der Waals surface area contributed by atoms with Crippen LogP contribution in [0.5, 0.6) is 0 Å². The van der Waals surface area contributed by atoms with Crippen molar-refractivity contribution >= 4 is 5.90 Å². The van der Waals surface area contributed by atoms with Gasteiger partial charge in [0.05, 0.1) is 6.61 Å². The smallest absolute Gasteiger partial charge is 0.218 e. The van der Waals surface area contributed by atoms with Crippen LogP contribution in [0.1, 0.15) is 24.5 Å². The van der Waals surface area contributed by atoms with E-state index in [4.69, 9.17) is 14.6 Å². The molecule has 0 fully saturated rings. The van der Waals surface area contributed by atoms with Gasteiger partial charge < -0.3 is 14.3 Å². The lowest BCUT2D eigenvalue weighted by Crippen LogP contribution is -2.13. The Morgan fingerprint density at radius 2 is 2.38 bits per heavy atom. The van der Waals surface area contributed by atoms with E-state index in [0.717, 1.165) is 0 Å². The molecule has 0 aliphatic carbocycles. The number of ether oxygens (including phenoxy) is 1. The minimum atomic E-state index is -1.09. The quantitative estimate of drug-likeness (QED) is 0.553. The van der Waals surface area contributed by atoms with Gasteiger partial charge in [-0.25, -0.2) is 0 Å². The molecule has 0 radical (unpaired) electrons. The predicted octanol–water partition coefficient (Wildman–Crippen LogP) is 1.64. The maximum Gasteiger partial charge on any atom is 0.218 e. The molecule has 0 aliphatic heterocycles. The Balaban J connectivity index is 2.67. The van der Waals surface area contributed by atoms with E-state index in [1.165, 1.54) is 0 Å². The van der Waals surface area contributed by atoms with Crippen molar-refractivity contribution in [1.29, 1.82) is 5.41 Å². The van der Waals surface area contributed by atoms with E-state index in [0.29, 0.717) is 18.1 Å². The van der Waals surface area contributed by atoms with Crippen molar-refractivity contribution < 1.29 is 14.3 Å². The van der Waals surface area contributed by atoms with Crippen LogP contribution in [-0.2, 0) is 4.74 Å². The molecule has 0 aliphatic rings. The standard InChI is InChI=1S/C9H13NO3/c1-3-12-9(10)8(11)7-5-4-6(2)13-7/h4-5,8,10-11H,3H2,1-2H3. The van der Waals surface area contributed by atoms with Crippen molar-refractivity contribution in [2.75, 3.05) is 6.61 Å². The summed E-state index contributed by atoms with van der Waals surface area (Å²) in [6.45, 7) is 3.91. The molecule has 1 atom stereocenters. The fourth-order valence-electron chi connectivity index (χ4n) is 0.964. The van der Waals surface area contributed by atoms with Crippen molar-refractivity contribution in [3.05, 3.63) is 23.7 Å². The van der Waals surface area contributed by atoms with Crippen molar-refractivity contribution in [2.45, 2.75) is 20.0 Å². The Hall–Kier alpha value is -1.29. The molecule has 1 rings (SSSR count). The van der Waals surface area contributed by atoms with Gasteiger partial charge in [0.15, 0.2) is 6.10 Å². The van der Waals surface area contributed by atoms with Crippen LogP contribution in [0.15, 0.2) is 16.5 Å². The SMILES string of the molecule is CCOC(=N)C(O)c1ccc(C)o1. The van der Waals surface area contributed by atoms with Gasteiger partial charge in [0.2, 0.25) is 5.90 Å². The molecule has 1 aromatic heterocycles. The molecular formula is C9H13NO3. The normalized spacial score (nSPS) is 12.5. The first kappa shape index (κ1) is 9.80. The van der Waals surface area contributed by atoms with Crippen molar-refractivity contribution in [1.82, 2.24) is 0 Å². The maximum absolute atomic E-state index is 9.49. The summed E-state index contributed by atoms with van der Waals surface area (Å²) in [5.41, 5.74) is 0. The molecule has 13 heavy (non-hydrogen) atoms. The summed E-state index contributed by atoms with van der Waals surface area (Å²) in [7, 11) is 0. The number of aryl methyl sites for hydroxylation is 1. The predicted molar refractivity (Wildman–Crippen MR) is 47.8 cm³/mol. The number of furan rings is 1. The third kappa shape index (κ3) is 2.32. The second-order valence-corrected chi connectivity index (χ2v) is 2.65. The van der Waals surface area contributed by atoms with Crippen LogP contribution in [0.2, 0.25) is 0 Å². The number of aliphatic hydroxyl groups is 1. The highest BCUT2D eigenvalue weighted by molar-refractivity contribution is 5.78. The van der Waals surface area contributed by atoms with Gasteiger partial charge in [-0.05, 0) is 26.0 Å². The molecule has 72 valence electrons. The highest BCUT2D eigenvalue weighted by Crippen LogP contribution is 2.17. The second-order valence-electron chi connectivity index (χ2n) is 2.65. The molecule has 0 aromatic carbocycles. The van der Waals surface area contributed by atoms with Crippen LogP contribution < -0.4 is 0 Å². The highest BCUT2D eigenvalue weighted by atomic mass is 16.5. The van der Waals surface area contributed by atoms with E-state index in [1.807, 2.05) is 0 Å². The zero-order valence-corrected chi connectivity index (χ0v) is 7.70. The molecule has 0 bridgehead atoms. The second kappa shape index (κ2) is 4.09. The summed E-state index contributed by atoms with van der Waals surface area (Å²) < 4.78 is 9.98. The molecule has 4 nitrogen and oxygen atoms in total. The number of aliphatic hydroxyl groups excluding tert-OH is 1. The van der Waals surface area contributed by atoms with Crippen molar-refractivity contribution in [2.24, 2.45) is 0 Å². The summed E-state index contributed by atoms with van der Waals surface area (Å²) in [6.07, 6.45) is -1.09. The average molecular weight is 183 g/mol. The van der Waals surface area contributed by atoms with E-state index in [9.17, 15) is 5.11 Å². The molecule has 2 N–H and O–H groups in total. The van der Waals surface area contributed by atoms with Gasteiger partial charge >= 0.3 is 0 Å². The molecule has 0 amide bonds. The van der Waals surface area contributed by atoms with E-state index in [2.05, 4.69) is 0 Å². The first-order chi connectivity index (χ1) is 6.15. The number of hydrogen-bond acceptors (Lipinski definition) is 4.